The van der Waals surface area contributed by atoms with Crippen molar-refractivity contribution in [2.75, 3.05) is 25.1 Å². The van der Waals surface area contributed by atoms with Gasteiger partial charge in [0.1, 0.15) is 13.2 Å². The third kappa shape index (κ3) is 4.25. The fourth-order valence-electron chi connectivity index (χ4n) is 1.74. The highest BCUT2D eigenvalue weighted by atomic mass is 16.6. The summed E-state index contributed by atoms with van der Waals surface area (Å²) in [4.78, 5) is 22.0. The highest BCUT2D eigenvalue weighted by Gasteiger charge is 2.14. The van der Waals surface area contributed by atoms with Crippen molar-refractivity contribution in [3.8, 4) is 11.5 Å². The molecule has 21 heavy (non-hydrogen) atoms. The van der Waals surface area contributed by atoms with Gasteiger partial charge < -0.3 is 30.3 Å². The van der Waals surface area contributed by atoms with Crippen LogP contribution in [0.15, 0.2) is 18.2 Å². The zero-order chi connectivity index (χ0) is 15.2. The van der Waals surface area contributed by atoms with Crippen LogP contribution >= 0.6 is 0 Å². The normalized spacial score (nSPS) is 14.1. The first-order chi connectivity index (χ1) is 10.1. The number of aliphatic hydroxyl groups excluding tert-OH is 1. The van der Waals surface area contributed by atoms with E-state index in [1.54, 1.807) is 18.2 Å². The van der Waals surface area contributed by atoms with Gasteiger partial charge in [-0.05, 0) is 12.1 Å². The molecule has 0 saturated carbocycles. The Bertz CT molecular complexity index is 533. The Morgan fingerprint density at radius 3 is 2.67 bits per heavy atom. The maximum absolute atomic E-state index is 11.6. The molecule has 2 amide bonds. The second kappa shape index (κ2) is 6.80. The molecular formula is C13H16N2O6. The summed E-state index contributed by atoms with van der Waals surface area (Å²) in [7, 11) is 0. The first-order valence-electron chi connectivity index (χ1n) is 6.41. The summed E-state index contributed by atoms with van der Waals surface area (Å²) < 4.78 is 10.7. The van der Waals surface area contributed by atoms with Crippen molar-refractivity contribution in [1.29, 1.82) is 0 Å². The molecule has 1 heterocycles. The van der Waals surface area contributed by atoms with Gasteiger partial charge in [-0.25, -0.2) is 9.59 Å². The number of amides is 2. The second-order valence-corrected chi connectivity index (χ2v) is 4.38. The molecule has 114 valence electrons. The maximum Gasteiger partial charge on any atom is 0.332 e. The average molecular weight is 296 g/mol. The van der Waals surface area contributed by atoms with Crippen molar-refractivity contribution in [3.05, 3.63) is 18.2 Å². The van der Waals surface area contributed by atoms with Crippen molar-refractivity contribution in [1.82, 2.24) is 5.32 Å². The Morgan fingerprint density at radius 1 is 1.24 bits per heavy atom. The standard InChI is InChI=1S/C13H16N2O6/c16-9(12(17)18)3-4-14-13(19)15-8-1-2-10-11(7-8)21-6-5-20-10/h1-2,7,9,16H,3-6H2,(H,17,18)(H2,14,15,19). The zero-order valence-electron chi connectivity index (χ0n) is 11.2. The molecule has 1 unspecified atom stereocenters. The molecular weight excluding hydrogens is 280 g/mol. The van der Waals surface area contributed by atoms with Gasteiger partial charge in [-0.2, -0.15) is 0 Å². The Labute approximate surface area is 120 Å². The number of aliphatic carboxylic acids is 1. The number of carbonyl (C=O) groups is 2. The lowest BCUT2D eigenvalue weighted by Gasteiger charge is -2.19. The lowest BCUT2D eigenvalue weighted by atomic mass is 10.2. The lowest BCUT2D eigenvalue weighted by molar-refractivity contribution is -0.146. The highest BCUT2D eigenvalue weighted by Crippen LogP contribution is 2.32. The van der Waals surface area contributed by atoms with Crippen LogP contribution in [-0.2, 0) is 4.79 Å². The van der Waals surface area contributed by atoms with E-state index in [4.69, 9.17) is 19.7 Å². The molecule has 1 atom stereocenters. The van der Waals surface area contributed by atoms with Crippen molar-refractivity contribution in [3.63, 3.8) is 0 Å². The van der Waals surface area contributed by atoms with Crippen molar-refractivity contribution in [2.24, 2.45) is 0 Å². The van der Waals surface area contributed by atoms with Crippen molar-refractivity contribution in [2.45, 2.75) is 12.5 Å². The number of urea groups is 1. The van der Waals surface area contributed by atoms with Gasteiger partial charge in [0.25, 0.3) is 0 Å². The predicted molar refractivity (Wildman–Crippen MR) is 72.7 cm³/mol. The number of anilines is 1. The number of ether oxygens (including phenoxy) is 2. The van der Waals surface area contributed by atoms with Gasteiger partial charge in [0.15, 0.2) is 17.6 Å². The van der Waals surface area contributed by atoms with Crippen LogP contribution in [0.5, 0.6) is 11.5 Å². The third-order valence-corrected chi connectivity index (χ3v) is 2.79. The molecule has 1 aliphatic rings. The van der Waals surface area contributed by atoms with E-state index in [1.807, 2.05) is 0 Å². The Hall–Kier alpha value is -2.48. The summed E-state index contributed by atoms with van der Waals surface area (Å²) in [5.74, 6) is -0.138. The van der Waals surface area contributed by atoms with Crippen LogP contribution in [0.25, 0.3) is 0 Å². The molecule has 0 fully saturated rings. The van der Waals surface area contributed by atoms with Crippen LogP contribution in [0.4, 0.5) is 10.5 Å². The first kappa shape index (κ1) is 14.9. The predicted octanol–water partition coefficient (Wildman–Crippen LogP) is 0.415. The molecule has 0 aromatic heterocycles. The van der Waals surface area contributed by atoms with Crippen LogP contribution in [0.2, 0.25) is 0 Å². The van der Waals surface area contributed by atoms with Gasteiger partial charge in [-0.15, -0.1) is 0 Å². The molecule has 8 nitrogen and oxygen atoms in total. The van der Waals surface area contributed by atoms with E-state index in [-0.39, 0.29) is 13.0 Å². The van der Waals surface area contributed by atoms with Gasteiger partial charge in [-0.1, -0.05) is 0 Å². The Balaban J connectivity index is 1.81. The number of hydrogen-bond donors (Lipinski definition) is 4. The Kier molecular flexibility index (Phi) is 4.83. The summed E-state index contributed by atoms with van der Waals surface area (Å²) in [6, 6.07) is 4.50. The maximum atomic E-state index is 11.6. The topological polar surface area (TPSA) is 117 Å². The van der Waals surface area contributed by atoms with Gasteiger partial charge in [0, 0.05) is 24.7 Å². The quantitative estimate of drug-likeness (QED) is 0.625. The van der Waals surface area contributed by atoms with Gasteiger partial charge in [0.05, 0.1) is 0 Å². The monoisotopic (exact) mass is 296 g/mol. The molecule has 1 aromatic rings. The molecule has 4 N–H and O–H groups in total. The first-order valence-corrected chi connectivity index (χ1v) is 6.41. The average Bonchev–Trinajstić information content (AvgIpc) is 2.46. The fraction of sp³-hybridized carbons (Fsp3) is 0.385. The molecule has 0 saturated heterocycles. The van der Waals surface area contributed by atoms with Crippen molar-refractivity contribution >= 4 is 17.7 Å². The van der Waals surface area contributed by atoms with Crippen molar-refractivity contribution < 1.29 is 29.3 Å². The molecule has 0 bridgehead atoms. The van der Waals surface area contributed by atoms with Crippen LogP contribution in [0, 0.1) is 0 Å². The fourth-order valence-corrected chi connectivity index (χ4v) is 1.74. The van der Waals surface area contributed by atoms with Gasteiger partial charge in [0.2, 0.25) is 0 Å². The summed E-state index contributed by atoms with van der Waals surface area (Å²) in [5.41, 5.74) is 0.524. The van der Waals surface area contributed by atoms with E-state index in [9.17, 15) is 9.59 Å². The van der Waals surface area contributed by atoms with Crippen LogP contribution in [0.1, 0.15) is 6.42 Å². The number of carboxylic acid groups (broad SMARTS) is 1. The van der Waals surface area contributed by atoms with E-state index in [1.165, 1.54) is 0 Å². The molecule has 0 aliphatic carbocycles. The number of aliphatic hydroxyl groups is 1. The number of carboxylic acids is 1. The van der Waals surface area contributed by atoms with E-state index in [2.05, 4.69) is 10.6 Å². The third-order valence-electron chi connectivity index (χ3n) is 2.79. The van der Waals surface area contributed by atoms with Gasteiger partial charge in [-0.3, -0.25) is 0 Å². The summed E-state index contributed by atoms with van der Waals surface area (Å²) in [5, 5.41) is 22.6. The number of fused-ring (bicyclic) bond motifs is 1. The molecule has 1 aliphatic heterocycles. The minimum atomic E-state index is -1.49. The smallest absolute Gasteiger partial charge is 0.332 e. The molecule has 0 radical (unpaired) electrons. The van der Waals surface area contributed by atoms with Crippen LogP contribution in [-0.4, -0.2) is 48.1 Å². The van der Waals surface area contributed by atoms with E-state index < -0.39 is 18.1 Å². The molecule has 0 spiro atoms. The number of rotatable bonds is 5. The minimum absolute atomic E-state index is 0.0455. The van der Waals surface area contributed by atoms with E-state index >= 15 is 0 Å². The van der Waals surface area contributed by atoms with Crippen LogP contribution < -0.4 is 20.1 Å². The molecule has 2 rings (SSSR count). The second-order valence-electron chi connectivity index (χ2n) is 4.38. The summed E-state index contributed by atoms with van der Waals surface area (Å²) >= 11 is 0. The zero-order valence-corrected chi connectivity index (χ0v) is 11.2. The SMILES string of the molecule is O=C(NCCC(O)C(=O)O)Nc1ccc2c(c1)OCCO2. The molecule has 1 aromatic carbocycles. The summed E-state index contributed by atoms with van der Waals surface area (Å²) in [6.07, 6.45) is -1.55. The number of hydrogen-bond acceptors (Lipinski definition) is 5. The van der Waals surface area contributed by atoms with E-state index in [0.29, 0.717) is 30.4 Å². The lowest BCUT2D eigenvalue weighted by Crippen LogP contribution is -2.33. The highest BCUT2D eigenvalue weighted by molar-refractivity contribution is 5.89. The Morgan fingerprint density at radius 2 is 1.95 bits per heavy atom. The largest absolute Gasteiger partial charge is 0.486 e. The minimum Gasteiger partial charge on any atom is -0.486 e. The number of carbonyl (C=O) groups excluding carboxylic acids is 1. The molecule has 8 heteroatoms. The number of nitrogens with one attached hydrogen (secondary N) is 2. The summed E-state index contributed by atoms with van der Waals surface area (Å²) in [6.45, 7) is 0.992. The van der Waals surface area contributed by atoms with E-state index in [0.717, 1.165) is 0 Å². The van der Waals surface area contributed by atoms with Crippen LogP contribution in [0.3, 0.4) is 0 Å². The van der Waals surface area contributed by atoms with Gasteiger partial charge >= 0.3 is 12.0 Å². The number of benzene rings is 1.